The van der Waals surface area contributed by atoms with Gasteiger partial charge in [-0.25, -0.2) is 9.67 Å². The number of nitrogens with zero attached hydrogens (tertiary/aromatic N) is 4. The Balaban J connectivity index is 2.56. The van der Waals surface area contributed by atoms with E-state index >= 15 is 0 Å². The van der Waals surface area contributed by atoms with Crippen molar-refractivity contribution in [3.63, 3.8) is 0 Å². The lowest BCUT2D eigenvalue weighted by molar-refractivity contribution is 0.0995. The molecule has 2 aromatic rings. The SMILES string of the molecule is Cc1nc(Cl)nc(-n2ccc(C(N)=O)n2)c1N. The summed E-state index contributed by atoms with van der Waals surface area (Å²) >= 11 is 5.73. The van der Waals surface area contributed by atoms with Crippen LogP contribution in [0.5, 0.6) is 0 Å². The monoisotopic (exact) mass is 252 g/mol. The Morgan fingerprint density at radius 3 is 2.76 bits per heavy atom. The summed E-state index contributed by atoms with van der Waals surface area (Å²) in [6.45, 7) is 1.70. The van der Waals surface area contributed by atoms with E-state index in [1.165, 1.54) is 16.9 Å². The summed E-state index contributed by atoms with van der Waals surface area (Å²) in [7, 11) is 0. The maximum Gasteiger partial charge on any atom is 0.269 e. The predicted octanol–water partition coefficient (Wildman–Crippen LogP) is 0.305. The zero-order valence-corrected chi connectivity index (χ0v) is 9.64. The second-order valence-electron chi connectivity index (χ2n) is 3.33. The summed E-state index contributed by atoms with van der Waals surface area (Å²) in [5, 5.41) is 3.99. The van der Waals surface area contributed by atoms with E-state index in [1.54, 1.807) is 6.92 Å². The van der Waals surface area contributed by atoms with Gasteiger partial charge < -0.3 is 11.5 Å². The Kier molecular flexibility index (Phi) is 2.68. The molecule has 0 bridgehead atoms. The number of hydrogen-bond donors (Lipinski definition) is 2. The van der Waals surface area contributed by atoms with Crippen LogP contribution in [-0.4, -0.2) is 25.7 Å². The summed E-state index contributed by atoms with van der Waals surface area (Å²) in [4.78, 5) is 18.8. The van der Waals surface area contributed by atoms with Gasteiger partial charge in [0, 0.05) is 6.20 Å². The number of anilines is 1. The van der Waals surface area contributed by atoms with Crippen molar-refractivity contribution in [3.8, 4) is 5.82 Å². The van der Waals surface area contributed by atoms with Crippen molar-refractivity contribution >= 4 is 23.2 Å². The molecule has 4 N–H and O–H groups in total. The number of amides is 1. The normalized spacial score (nSPS) is 10.5. The van der Waals surface area contributed by atoms with Gasteiger partial charge >= 0.3 is 0 Å². The molecule has 0 aliphatic heterocycles. The molecule has 0 atom stereocenters. The summed E-state index contributed by atoms with van der Waals surface area (Å²) in [6, 6.07) is 1.47. The number of nitrogens with two attached hydrogens (primary N) is 2. The number of aryl methyl sites for hydroxylation is 1. The first-order valence-corrected chi connectivity index (χ1v) is 5.02. The zero-order valence-electron chi connectivity index (χ0n) is 8.88. The smallest absolute Gasteiger partial charge is 0.269 e. The topological polar surface area (TPSA) is 113 Å². The quantitative estimate of drug-likeness (QED) is 0.747. The molecular weight excluding hydrogens is 244 g/mol. The molecule has 8 heteroatoms. The van der Waals surface area contributed by atoms with Crippen LogP contribution in [0.2, 0.25) is 5.28 Å². The fourth-order valence-corrected chi connectivity index (χ4v) is 1.49. The fraction of sp³-hybridized carbons (Fsp3) is 0.111. The van der Waals surface area contributed by atoms with Crippen molar-refractivity contribution in [2.24, 2.45) is 5.73 Å². The molecular formula is C9H9ClN6O. The summed E-state index contributed by atoms with van der Waals surface area (Å²) in [5.41, 5.74) is 11.9. The van der Waals surface area contributed by atoms with E-state index in [0.29, 0.717) is 17.2 Å². The van der Waals surface area contributed by atoms with E-state index in [9.17, 15) is 4.79 Å². The van der Waals surface area contributed by atoms with E-state index in [4.69, 9.17) is 23.1 Å². The largest absolute Gasteiger partial charge is 0.394 e. The Morgan fingerprint density at radius 2 is 2.18 bits per heavy atom. The third-order valence-electron chi connectivity index (χ3n) is 2.15. The van der Waals surface area contributed by atoms with Crippen LogP contribution in [0.25, 0.3) is 5.82 Å². The molecule has 0 unspecified atom stereocenters. The molecule has 0 spiro atoms. The van der Waals surface area contributed by atoms with Crippen molar-refractivity contribution < 1.29 is 4.79 Å². The number of carbonyl (C=O) groups is 1. The number of halogens is 1. The highest BCUT2D eigenvalue weighted by molar-refractivity contribution is 6.28. The van der Waals surface area contributed by atoms with E-state index in [2.05, 4.69) is 15.1 Å². The van der Waals surface area contributed by atoms with Gasteiger partial charge in [0.1, 0.15) is 5.69 Å². The van der Waals surface area contributed by atoms with E-state index in [0.717, 1.165) is 0 Å². The van der Waals surface area contributed by atoms with Crippen molar-refractivity contribution in [1.82, 2.24) is 19.7 Å². The second-order valence-corrected chi connectivity index (χ2v) is 3.66. The van der Waals surface area contributed by atoms with Crippen molar-refractivity contribution in [1.29, 1.82) is 0 Å². The van der Waals surface area contributed by atoms with Crippen molar-refractivity contribution in [3.05, 3.63) is 28.9 Å². The van der Waals surface area contributed by atoms with E-state index in [1.807, 2.05) is 0 Å². The van der Waals surface area contributed by atoms with Crippen molar-refractivity contribution in [2.45, 2.75) is 6.92 Å². The van der Waals surface area contributed by atoms with E-state index < -0.39 is 5.91 Å². The van der Waals surface area contributed by atoms with Gasteiger partial charge in [0.05, 0.1) is 11.4 Å². The number of aromatic nitrogens is 4. The van der Waals surface area contributed by atoms with Crippen LogP contribution in [0.3, 0.4) is 0 Å². The first-order valence-electron chi connectivity index (χ1n) is 4.64. The van der Waals surface area contributed by atoms with Gasteiger partial charge in [-0.2, -0.15) is 10.1 Å². The summed E-state index contributed by atoms with van der Waals surface area (Å²) in [6.07, 6.45) is 1.52. The molecule has 0 saturated heterocycles. The maximum atomic E-state index is 10.9. The minimum Gasteiger partial charge on any atom is -0.394 e. The Labute approximate surface area is 101 Å². The third-order valence-corrected chi connectivity index (χ3v) is 2.32. The molecule has 0 aliphatic rings. The van der Waals surface area contributed by atoms with Crippen LogP contribution in [-0.2, 0) is 0 Å². The summed E-state index contributed by atoms with van der Waals surface area (Å²) in [5.74, 6) is -0.311. The molecule has 0 aliphatic carbocycles. The van der Waals surface area contributed by atoms with Gasteiger partial charge in [0.15, 0.2) is 5.82 Å². The van der Waals surface area contributed by atoms with Crippen LogP contribution in [0.15, 0.2) is 12.3 Å². The highest BCUT2D eigenvalue weighted by Gasteiger charge is 2.12. The first-order chi connectivity index (χ1) is 7.99. The van der Waals surface area contributed by atoms with Crippen molar-refractivity contribution in [2.75, 3.05) is 5.73 Å². The Morgan fingerprint density at radius 1 is 1.47 bits per heavy atom. The Bertz CT molecular complexity index is 593. The number of rotatable bonds is 2. The molecule has 1 amide bonds. The minimum atomic E-state index is -0.626. The molecule has 2 heterocycles. The lowest BCUT2D eigenvalue weighted by atomic mass is 10.3. The van der Waals surface area contributed by atoms with Crippen LogP contribution in [0.1, 0.15) is 16.2 Å². The van der Waals surface area contributed by atoms with Gasteiger partial charge in [0.25, 0.3) is 5.91 Å². The number of hydrogen-bond acceptors (Lipinski definition) is 5. The zero-order chi connectivity index (χ0) is 12.6. The minimum absolute atomic E-state index is 0.0582. The van der Waals surface area contributed by atoms with Gasteiger partial charge in [-0.05, 0) is 24.6 Å². The molecule has 0 fully saturated rings. The highest BCUT2D eigenvalue weighted by Crippen LogP contribution is 2.19. The molecule has 0 radical (unpaired) electrons. The lowest BCUT2D eigenvalue weighted by Gasteiger charge is -2.06. The fourth-order valence-electron chi connectivity index (χ4n) is 1.28. The highest BCUT2D eigenvalue weighted by atomic mass is 35.5. The first kappa shape index (κ1) is 11.3. The molecule has 17 heavy (non-hydrogen) atoms. The number of carbonyl (C=O) groups excluding carboxylic acids is 1. The molecule has 0 aromatic carbocycles. The van der Waals surface area contributed by atoms with Crippen LogP contribution >= 0.6 is 11.6 Å². The maximum absolute atomic E-state index is 10.9. The third kappa shape index (κ3) is 2.04. The second kappa shape index (κ2) is 4.02. The molecule has 2 rings (SSSR count). The molecule has 7 nitrogen and oxygen atoms in total. The molecule has 2 aromatic heterocycles. The Hall–Kier alpha value is -2.15. The predicted molar refractivity (Wildman–Crippen MR) is 61.8 cm³/mol. The van der Waals surface area contributed by atoms with Gasteiger partial charge in [-0.3, -0.25) is 4.79 Å². The average molecular weight is 253 g/mol. The van der Waals surface area contributed by atoms with Gasteiger partial charge in [-0.15, -0.1) is 0 Å². The lowest BCUT2D eigenvalue weighted by Crippen LogP contribution is -2.13. The van der Waals surface area contributed by atoms with Crippen LogP contribution in [0, 0.1) is 6.92 Å². The van der Waals surface area contributed by atoms with Crippen LogP contribution < -0.4 is 11.5 Å². The number of primary amides is 1. The summed E-state index contributed by atoms with van der Waals surface area (Å²) < 4.78 is 1.33. The van der Waals surface area contributed by atoms with E-state index in [-0.39, 0.29) is 11.0 Å². The standard InChI is InChI=1S/C9H9ClN6O/c1-4-6(11)8(14-9(10)13-4)16-3-2-5(15-16)7(12)17/h2-3H,11H2,1H3,(H2,12,17). The van der Waals surface area contributed by atoms with Gasteiger partial charge in [-0.1, -0.05) is 0 Å². The average Bonchev–Trinajstić information content (AvgIpc) is 2.72. The number of nitrogen functional groups attached to an aromatic ring is 1. The van der Waals surface area contributed by atoms with Crippen LogP contribution in [0.4, 0.5) is 5.69 Å². The van der Waals surface area contributed by atoms with Gasteiger partial charge in [0.2, 0.25) is 5.28 Å². The molecule has 88 valence electrons. The molecule has 0 saturated carbocycles.